The molecular formula is C28H44O2. The predicted molar refractivity (Wildman–Crippen MR) is 132 cm³/mol. The first kappa shape index (κ1) is 27.9. The van der Waals surface area contributed by atoms with Gasteiger partial charge < -0.3 is 4.74 Å². The van der Waals surface area contributed by atoms with Crippen molar-refractivity contribution < 1.29 is 9.53 Å². The Morgan fingerprint density at radius 3 is 1.30 bits per heavy atom. The van der Waals surface area contributed by atoms with Crippen LogP contribution in [0.3, 0.4) is 0 Å². The second-order valence-corrected chi connectivity index (χ2v) is 7.33. The summed E-state index contributed by atoms with van der Waals surface area (Å²) in [5.74, 6) is -0.0606. The maximum absolute atomic E-state index is 12.3. The van der Waals surface area contributed by atoms with Crippen LogP contribution in [0.4, 0.5) is 0 Å². The molecule has 0 saturated heterocycles. The van der Waals surface area contributed by atoms with E-state index in [0.717, 1.165) is 57.8 Å². The molecule has 30 heavy (non-hydrogen) atoms. The molecule has 0 N–H and O–H groups in total. The summed E-state index contributed by atoms with van der Waals surface area (Å²) in [6.07, 6.45) is 34.7. The minimum absolute atomic E-state index is 0.0606. The summed E-state index contributed by atoms with van der Waals surface area (Å²) < 4.78 is 5.27. The number of ether oxygens (including phenoxy) is 1. The highest BCUT2D eigenvalue weighted by Gasteiger charge is 2.34. The molecule has 0 fully saturated rings. The third kappa shape index (κ3) is 14.0. The molecule has 2 nitrogen and oxygen atoms in total. The van der Waals surface area contributed by atoms with Crippen molar-refractivity contribution in [2.45, 2.75) is 85.5 Å². The topological polar surface area (TPSA) is 26.3 Å². The fourth-order valence-corrected chi connectivity index (χ4v) is 3.03. The van der Waals surface area contributed by atoms with Gasteiger partial charge in [0.25, 0.3) is 0 Å². The average Bonchev–Trinajstić information content (AvgIpc) is 2.76. The Kier molecular flexibility index (Phi) is 18.8. The van der Waals surface area contributed by atoms with Gasteiger partial charge in [-0.1, -0.05) is 93.7 Å². The zero-order chi connectivity index (χ0) is 22.3. The molecule has 0 radical (unpaired) electrons. The predicted octanol–water partition coefficient (Wildman–Crippen LogP) is 8.44. The summed E-state index contributed by atoms with van der Waals surface area (Å²) in [6, 6.07) is 0. The van der Waals surface area contributed by atoms with Crippen molar-refractivity contribution in [3.8, 4) is 0 Å². The number of rotatable bonds is 17. The van der Waals surface area contributed by atoms with Crippen LogP contribution in [0, 0.1) is 5.41 Å². The van der Waals surface area contributed by atoms with Crippen molar-refractivity contribution in [1.82, 2.24) is 0 Å². The van der Waals surface area contributed by atoms with Crippen LogP contribution < -0.4 is 0 Å². The normalized spacial score (nSPS) is 13.3. The Hall–Kier alpha value is -2.09. The molecule has 0 aliphatic carbocycles. The highest BCUT2D eigenvalue weighted by Crippen LogP contribution is 2.32. The van der Waals surface area contributed by atoms with Gasteiger partial charge >= 0.3 is 5.97 Å². The molecule has 0 unspecified atom stereocenters. The summed E-state index contributed by atoms with van der Waals surface area (Å²) in [4.78, 5) is 12.3. The molecule has 0 aromatic carbocycles. The van der Waals surface area contributed by atoms with Gasteiger partial charge in [0.05, 0.1) is 12.0 Å². The molecule has 0 rings (SSSR count). The van der Waals surface area contributed by atoms with Crippen LogP contribution in [0.15, 0.2) is 72.9 Å². The quantitative estimate of drug-likeness (QED) is 0.177. The van der Waals surface area contributed by atoms with E-state index in [1.54, 1.807) is 0 Å². The highest BCUT2D eigenvalue weighted by atomic mass is 16.5. The van der Waals surface area contributed by atoms with Gasteiger partial charge in [0, 0.05) is 0 Å². The molecular weight excluding hydrogens is 368 g/mol. The number of carbonyl (C=O) groups excluding carboxylic acids is 1. The molecule has 0 atom stereocenters. The fourth-order valence-electron chi connectivity index (χ4n) is 3.03. The van der Waals surface area contributed by atoms with E-state index in [1.165, 1.54) is 0 Å². The van der Waals surface area contributed by atoms with Crippen LogP contribution in [0.1, 0.15) is 85.5 Å². The van der Waals surface area contributed by atoms with E-state index in [-0.39, 0.29) is 11.4 Å². The number of hydrogen-bond donors (Lipinski definition) is 0. The van der Waals surface area contributed by atoms with E-state index >= 15 is 0 Å². The van der Waals surface area contributed by atoms with Crippen molar-refractivity contribution in [2.75, 3.05) is 6.61 Å². The Balaban J connectivity index is 3.98. The minimum Gasteiger partial charge on any atom is -0.466 e. The third-order valence-corrected chi connectivity index (χ3v) is 5.17. The lowest BCUT2D eigenvalue weighted by Crippen LogP contribution is -2.31. The van der Waals surface area contributed by atoms with Crippen LogP contribution in [0.5, 0.6) is 0 Å². The van der Waals surface area contributed by atoms with E-state index in [2.05, 4.69) is 93.7 Å². The van der Waals surface area contributed by atoms with Crippen molar-refractivity contribution in [1.29, 1.82) is 0 Å². The van der Waals surface area contributed by atoms with E-state index in [0.29, 0.717) is 6.61 Å². The second kappa shape index (κ2) is 20.2. The number of carbonyl (C=O) groups is 1. The van der Waals surface area contributed by atoms with Crippen LogP contribution in [0.2, 0.25) is 0 Å². The summed E-state index contributed by atoms with van der Waals surface area (Å²) >= 11 is 0. The Labute approximate surface area is 186 Å². The third-order valence-electron chi connectivity index (χ3n) is 5.17. The van der Waals surface area contributed by atoms with Crippen LogP contribution >= 0.6 is 0 Å². The molecule has 168 valence electrons. The first-order valence-corrected chi connectivity index (χ1v) is 11.7. The molecule has 0 aliphatic heterocycles. The largest absolute Gasteiger partial charge is 0.466 e. The zero-order valence-corrected chi connectivity index (χ0v) is 19.8. The summed E-state index contributed by atoms with van der Waals surface area (Å²) in [6.45, 7) is 8.61. The first-order valence-electron chi connectivity index (χ1n) is 11.7. The van der Waals surface area contributed by atoms with Crippen molar-refractivity contribution in [2.24, 2.45) is 5.41 Å². The molecule has 0 heterocycles. The lowest BCUT2D eigenvalue weighted by molar-refractivity contribution is -0.155. The molecule has 0 saturated carbocycles. The van der Waals surface area contributed by atoms with Gasteiger partial charge in [-0.15, -0.1) is 0 Å². The average molecular weight is 413 g/mol. The van der Waals surface area contributed by atoms with Gasteiger partial charge in [0.2, 0.25) is 0 Å². The van der Waals surface area contributed by atoms with Gasteiger partial charge in [-0.05, 0) is 64.7 Å². The molecule has 2 heteroatoms. The van der Waals surface area contributed by atoms with Crippen molar-refractivity contribution in [3.63, 3.8) is 0 Å². The first-order chi connectivity index (χ1) is 14.7. The van der Waals surface area contributed by atoms with Gasteiger partial charge in [-0.25, -0.2) is 0 Å². The van der Waals surface area contributed by atoms with Crippen molar-refractivity contribution >= 4 is 5.97 Å². The van der Waals surface area contributed by atoms with E-state index in [9.17, 15) is 4.79 Å². The van der Waals surface area contributed by atoms with E-state index in [4.69, 9.17) is 4.74 Å². The number of allylic oxidation sites excluding steroid dienone is 12. The summed E-state index contributed by atoms with van der Waals surface area (Å²) in [5.41, 5.74) is -0.367. The van der Waals surface area contributed by atoms with Gasteiger partial charge in [-0.2, -0.15) is 0 Å². The highest BCUT2D eigenvalue weighted by molar-refractivity contribution is 5.77. The molecule has 0 bridgehead atoms. The molecule has 0 aromatic rings. The lowest BCUT2D eigenvalue weighted by Gasteiger charge is -2.27. The summed E-state index contributed by atoms with van der Waals surface area (Å²) in [7, 11) is 0. The molecule has 0 amide bonds. The van der Waals surface area contributed by atoms with E-state index < -0.39 is 0 Å². The lowest BCUT2D eigenvalue weighted by atomic mass is 9.79. The Morgan fingerprint density at radius 1 is 0.600 bits per heavy atom. The molecule has 0 spiro atoms. The maximum atomic E-state index is 12.3. The van der Waals surface area contributed by atoms with Crippen molar-refractivity contribution in [3.05, 3.63) is 72.9 Å². The maximum Gasteiger partial charge on any atom is 0.312 e. The van der Waals surface area contributed by atoms with Crippen LogP contribution in [-0.4, -0.2) is 12.6 Å². The van der Waals surface area contributed by atoms with Gasteiger partial charge in [0.1, 0.15) is 0 Å². The zero-order valence-electron chi connectivity index (χ0n) is 19.8. The van der Waals surface area contributed by atoms with Crippen LogP contribution in [-0.2, 0) is 9.53 Å². The molecule has 0 aromatic heterocycles. The van der Waals surface area contributed by atoms with Crippen LogP contribution in [0.25, 0.3) is 0 Å². The van der Waals surface area contributed by atoms with Gasteiger partial charge in [0.15, 0.2) is 0 Å². The number of esters is 1. The monoisotopic (exact) mass is 412 g/mol. The van der Waals surface area contributed by atoms with Gasteiger partial charge in [-0.3, -0.25) is 4.79 Å². The second-order valence-electron chi connectivity index (χ2n) is 7.33. The number of hydrogen-bond acceptors (Lipinski definition) is 2. The SMILES string of the molecule is CC/C=C\C/C=C\C/C=C\C/C=C\C/C=C\C/C=C\CC(CC)(CC)C(=O)OCC. The Bertz CT molecular complexity index is 584. The van der Waals surface area contributed by atoms with E-state index in [1.807, 2.05) is 6.92 Å². The minimum atomic E-state index is -0.367. The smallest absolute Gasteiger partial charge is 0.312 e. The standard InChI is InChI=1S/C28H44O2/c1-5-9-10-11-12-13-14-15-16-17-18-19-20-21-22-23-24-25-26-28(6-2,7-3)27(29)30-8-4/h9-10,12-13,15-16,18-19,21-22,24-25H,5-8,11,14,17,20,23,26H2,1-4H3/b10-9-,13-12-,16-15-,19-18-,22-21-,25-24-. The molecule has 0 aliphatic rings. The Morgan fingerprint density at radius 2 is 0.967 bits per heavy atom. The summed E-state index contributed by atoms with van der Waals surface area (Å²) in [5, 5.41) is 0. The fraction of sp³-hybridized carbons (Fsp3) is 0.536.